The van der Waals surface area contributed by atoms with Crippen LogP contribution in [0.15, 0.2) is 24.5 Å². The van der Waals surface area contributed by atoms with E-state index in [2.05, 4.69) is 23.3 Å². The zero-order chi connectivity index (χ0) is 10.5. The molecule has 1 unspecified atom stereocenters. The van der Waals surface area contributed by atoms with Crippen LogP contribution in [-0.2, 0) is 4.74 Å². The Balaban J connectivity index is 1.79. The molecule has 1 aromatic heterocycles. The Morgan fingerprint density at radius 1 is 1.67 bits per heavy atom. The van der Waals surface area contributed by atoms with Gasteiger partial charge in [-0.2, -0.15) is 0 Å². The number of aromatic nitrogens is 1. The molecular weight excluding hydrogens is 188 g/mol. The first-order valence-electron chi connectivity index (χ1n) is 5.61. The lowest BCUT2D eigenvalue weighted by Gasteiger charge is -2.16. The molecule has 1 saturated heterocycles. The summed E-state index contributed by atoms with van der Waals surface area (Å²) in [5.41, 5.74) is 1.23. The van der Waals surface area contributed by atoms with Gasteiger partial charge in [0, 0.05) is 31.6 Å². The monoisotopic (exact) mass is 206 g/mol. The fourth-order valence-corrected chi connectivity index (χ4v) is 1.86. The molecule has 0 aliphatic carbocycles. The summed E-state index contributed by atoms with van der Waals surface area (Å²) in [6.07, 6.45) is 6.51. The van der Waals surface area contributed by atoms with Gasteiger partial charge >= 0.3 is 0 Å². The third kappa shape index (κ3) is 3.01. The van der Waals surface area contributed by atoms with Crippen LogP contribution >= 0.6 is 0 Å². The fourth-order valence-electron chi connectivity index (χ4n) is 1.86. The Bertz CT molecular complexity index is 283. The molecule has 1 aliphatic rings. The van der Waals surface area contributed by atoms with Crippen LogP contribution in [-0.4, -0.2) is 24.2 Å². The summed E-state index contributed by atoms with van der Waals surface area (Å²) in [6, 6.07) is 4.42. The predicted octanol–water partition coefficient (Wildman–Crippen LogP) is 1.91. The molecule has 2 heterocycles. The summed E-state index contributed by atoms with van der Waals surface area (Å²) in [4.78, 5) is 4.11. The molecule has 1 aromatic rings. The molecular formula is C12H18N2O. The molecule has 3 nitrogen and oxygen atoms in total. The van der Waals surface area contributed by atoms with E-state index in [-0.39, 0.29) is 0 Å². The zero-order valence-electron chi connectivity index (χ0n) is 9.15. The summed E-state index contributed by atoms with van der Waals surface area (Å²) in [6.45, 7) is 4.02. The standard InChI is InChI=1S/C12H18N2O/c1-10(11-4-2-6-13-8-11)14-9-12-5-3-7-15-12/h2,4,6,8,10,12,14H,3,5,7,9H2,1H3/t10-,12?/m0/s1. The van der Waals surface area contributed by atoms with Crippen LogP contribution in [0.25, 0.3) is 0 Å². The van der Waals surface area contributed by atoms with E-state index in [4.69, 9.17) is 4.74 Å². The average molecular weight is 206 g/mol. The van der Waals surface area contributed by atoms with Gasteiger partial charge < -0.3 is 10.1 Å². The van der Waals surface area contributed by atoms with Crippen LogP contribution in [0.4, 0.5) is 0 Å². The number of rotatable bonds is 4. The van der Waals surface area contributed by atoms with Gasteiger partial charge in [0.25, 0.3) is 0 Å². The Morgan fingerprint density at radius 3 is 3.27 bits per heavy atom. The second kappa shape index (κ2) is 5.24. The van der Waals surface area contributed by atoms with Crippen molar-refractivity contribution in [3.63, 3.8) is 0 Å². The summed E-state index contributed by atoms with van der Waals surface area (Å²) < 4.78 is 5.56. The molecule has 0 bridgehead atoms. The van der Waals surface area contributed by atoms with Gasteiger partial charge in [0.1, 0.15) is 0 Å². The van der Waals surface area contributed by atoms with Crippen molar-refractivity contribution in [2.45, 2.75) is 31.9 Å². The van der Waals surface area contributed by atoms with Crippen molar-refractivity contribution in [2.75, 3.05) is 13.2 Å². The highest BCUT2D eigenvalue weighted by Gasteiger charge is 2.16. The first-order valence-corrected chi connectivity index (χ1v) is 5.61. The maximum absolute atomic E-state index is 5.56. The number of ether oxygens (including phenoxy) is 1. The van der Waals surface area contributed by atoms with Gasteiger partial charge in [0.05, 0.1) is 6.10 Å². The first kappa shape index (κ1) is 10.6. The molecule has 1 fully saturated rings. The minimum atomic E-state index is 0.350. The van der Waals surface area contributed by atoms with Crippen LogP contribution in [0, 0.1) is 0 Å². The highest BCUT2D eigenvalue weighted by atomic mass is 16.5. The molecule has 0 saturated carbocycles. The minimum Gasteiger partial charge on any atom is -0.377 e. The lowest BCUT2D eigenvalue weighted by Crippen LogP contribution is -2.28. The molecule has 2 atom stereocenters. The number of hydrogen-bond acceptors (Lipinski definition) is 3. The van der Waals surface area contributed by atoms with E-state index in [9.17, 15) is 0 Å². The van der Waals surface area contributed by atoms with Crippen LogP contribution < -0.4 is 5.32 Å². The van der Waals surface area contributed by atoms with Gasteiger partial charge in [-0.3, -0.25) is 4.98 Å². The molecule has 0 radical (unpaired) electrons. The van der Waals surface area contributed by atoms with Crippen molar-refractivity contribution in [1.82, 2.24) is 10.3 Å². The molecule has 0 amide bonds. The highest BCUT2D eigenvalue weighted by Crippen LogP contribution is 2.14. The molecule has 0 aromatic carbocycles. The van der Waals surface area contributed by atoms with E-state index in [1.807, 2.05) is 12.3 Å². The fraction of sp³-hybridized carbons (Fsp3) is 0.583. The maximum atomic E-state index is 5.56. The van der Waals surface area contributed by atoms with E-state index < -0.39 is 0 Å². The molecule has 2 rings (SSSR count). The third-order valence-corrected chi connectivity index (χ3v) is 2.86. The minimum absolute atomic E-state index is 0.350. The van der Waals surface area contributed by atoms with Gasteiger partial charge in [0.2, 0.25) is 0 Å². The average Bonchev–Trinajstić information content (AvgIpc) is 2.80. The normalized spacial score (nSPS) is 22.9. The van der Waals surface area contributed by atoms with E-state index in [0.29, 0.717) is 12.1 Å². The SMILES string of the molecule is C[C@H](NCC1CCCO1)c1cccnc1. The number of nitrogens with one attached hydrogen (secondary N) is 1. The molecule has 0 spiro atoms. The lowest BCUT2D eigenvalue weighted by atomic mass is 10.1. The summed E-state index contributed by atoms with van der Waals surface area (Å²) in [5.74, 6) is 0. The second-order valence-corrected chi connectivity index (χ2v) is 4.05. The Kier molecular flexibility index (Phi) is 3.69. The van der Waals surface area contributed by atoms with Crippen LogP contribution in [0.3, 0.4) is 0 Å². The van der Waals surface area contributed by atoms with E-state index in [1.165, 1.54) is 18.4 Å². The van der Waals surface area contributed by atoms with Gasteiger partial charge in [0.15, 0.2) is 0 Å². The Labute approximate surface area is 90.9 Å². The summed E-state index contributed by atoms with van der Waals surface area (Å²) in [5, 5.41) is 3.48. The topological polar surface area (TPSA) is 34.1 Å². The summed E-state index contributed by atoms with van der Waals surface area (Å²) >= 11 is 0. The van der Waals surface area contributed by atoms with Gasteiger partial charge in [-0.15, -0.1) is 0 Å². The number of nitrogens with zero attached hydrogens (tertiary/aromatic N) is 1. The van der Waals surface area contributed by atoms with Crippen LogP contribution in [0.5, 0.6) is 0 Å². The Morgan fingerprint density at radius 2 is 2.60 bits per heavy atom. The smallest absolute Gasteiger partial charge is 0.0700 e. The molecule has 1 aliphatic heterocycles. The van der Waals surface area contributed by atoms with Gasteiger partial charge in [-0.1, -0.05) is 6.07 Å². The molecule has 82 valence electrons. The van der Waals surface area contributed by atoms with Crippen molar-refractivity contribution in [2.24, 2.45) is 0 Å². The van der Waals surface area contributed by atoms with E-state index in [1.54, 1.807) is 6.20 Å². The van der Waals surface area contributed by atoms with E-state index in [0.717, 1.165) is 13.2 Å². The third-order valence-electron chi connectivity index (χ3n) is 2.86. The largest absolute Gasteiger partial charge is 0.377 e. The molecule has 15 heavy (non-hydrogen) atoms. The van der Waals surface area contributed by atoms with Gasteiger partial charge in [-0.05, 0) is 31.4 Å². The summed E-state index contributed by atoms with van der Waals surface area (Å²) in [7, 11) is 0. The quantitative estimate of drug-likeness (QED) is 0.817. The van der Waals surface area contributed by atoms with Crippen molar-refractivity contribution >= 4 is 0 Å². The lowest BCUT2D eigenvalue weighted by molar-refractivity contribution is 0.108. The van der Waals surface area contributed by atoms with Crippen LogP contribution in [0.2, 0.25) is 0 Å². The van der Waals surface area contributed by atoms with Crippen molar-refractivity contribution in [1.29, 1.82) is 0 Å². The zero-order valence-corrected chi connectivity index (χ0v) is 9.15. The highest BCUT2D eigenvalue weighted by molar-refractivity contribution is 5.12. The second-order valence-electron chi connectivity index (χ2n) is 4.05. The van der Waals surface area contributed by atoms with Crippen molar-refractivity contribution in [3.8, 4) is 0 Å². The van der Waals surface area contributed by atoms with Crippen molar-refractivity contribution < 1.29 is 4.74 Å². The Hall–Kier alpha value is -0.930. The van der Waals surface area contributed by atoms with Crippen molar-refractivity contribution in [3.05, 3.63) is 30.1 Å². The maximum Gasteiger partial charge on any atom is 0.0700 e. The van der Waals surface area contributed by atoms with E-state index >= 15 is 0 Å². The van der Waals surface area contributed by atoms with Crippen LogP contribution in [0.1, 0.15) is 31.4 Å². The molecule has 1 N–H and O–H groups in total. The number of hydrogen-bond donors (Lipinski definition) is 1. The predicted molar refractivity (Wildman–Crippen MR) is 59.6 cm³/mol. The molecule has 3 heteroatoms. The number of pyridine rings is 1. The van der Waals surface area contributed by atoms with Gasteiger partial charge in [-0.25, -0.2) is 0 Å². The first-order chi connectivity index (χ1) is 7.36.